The number of hydrogen-bond acceptors (Lipinski definition) is 6. The van der Waals surface area contributed by atoms with Crippen molar-refractivity contribution in [1.82, 2.24) is 15.1 Å². The van der Waals surface area contributed by atoms with Crippen LogP contribution in [0, 0.1) is 0 Å². The molecule has 0 atom stereocenters. The van der Waals surface area contributed by atoms with Gasteiger partial charge in [0, 0.05) is 19.2 Å². The van der Waals surface area contributed by atoms with Crippen molar-refractivity contribution in [3.63, 3.8) is 0 Å². The van der Waals surface area contributed by atoms with Gasteiger partial charge in [0.15, 0.2) is 4.34 Å². The molecule has 25 heavy (non-hydrogen) atoms. The van der Waals surface area contributed by atoms with Crippen molar-refractivity contribution < 1.29 is 9.59 Å². The van der Waals surface area contributed by atoms with E-state index in [4.69, 9.17) is 0 Å². The second-order valence-corrected chi connectivity index (χ2v) is 7.68. The van der Waals surface area contributed by atoms with Crippen molar-refractivity contribution in [3.05, 3.63) is 42.0 Å². The summed E-state index contributed by atoms with van der Waals surface area (Å²) >= 11 is 2.63. The van der Waals surface area contributed by atoms with Gasteiger partial charge in [0.25, 0.3) is 0 Å². The molecule has 3 rings (SSSR count). The lowest BCUT2D eigenvalue weighted by Gasteiger charge is -2.13. The molecule has 1 aliphatic rings. The number of amides is 2. The SMILES string of the molecule is O=C(C=Cc1ccccc1)Nc1nnc(SCC(=O)N2CCCC2)s1. The minimum absolute atomic E-state index is 0.133. The fourth-order valence-electron chi connectivity index (χ4n) is 2.38. The van der Waals surface area contributed by atoms with Crippen LogP contribution in [0.1, 0.15) is 18.4 Å². The number of nitrogens with one attached hydrogen (secondary N) is 1. The Kier molecular flexibility index (Phi) is 6.19. The van der Waals surface area contributed by atoms with Crippen molar-refractivity contribution in [1.29, 1.82) is 0 Å². The zero-order valence-corrected chi connectivity index (χ0v) is 15.2. The van der Waals surface area contributed by atoms with E-state index in [2.05, 4.69) is 15.5 Å². The second kappa shape index (κ2) is 8.77. The number of nitrogens with zero attached hydrogens (tertiary/aromatic N) is 3. The maximum Gasteiger partial charge on any atom is 0.250 e. The Morgan fingerprint density at radius 2 is 1.96 bits per heavy atom. The first kappa shape index (κ1) is 17.6. The number of hydrogen-bond donors (Lipinski definition) is 1. The summed E-state index contributed by atoms with van der Waals surface area (Å²) in [6.45, 7) is 1.70. The van der Waals surface area contributed by atoms with Crippen molar-refractivity contribution in [2.24, 2.45) is 0 Å². The number of benzene rings is 1. The quantitative estimate of drug-likeness (QED) is 0.478. The van der Waals surface area contributed by atoms with E-state index in [1.54, 1.807) is 6.08 Å². The van der Waals surface area contributed by atoms with Gasteiger partial charge < -0.3 is 4.90 Å². The molecule has 1 aromatic carbocycles. The van der Waals surface area contributed by atoms with E-state index in [0.717, 1.165) is 31.5 Å². The topological polar surface area (TPSA) is 75.2 Å². The predicted octanol–water partition coefficient (Wildman–Crippen LogP) is 2.90. The molecule has 130 valence electrons. The van der Waals surface area contributed by atoms with Crippen LogP contribution in [0.25, 0.3) is 6.08 Å². The first-order valence-electron chi connectivity index (χ1n) is 7.99. The average molecular weight is 374 g/mol. The highest BCUT2D eigenvalue weighted by Crippen LogP contribution is 2.26. The van der Waals surface area contributed by atoms with Crippen molar-refractivity contribution in [2.45, 2.75) is 17.2 Å². The molecule has 1 saturated heterocycles. The summed E-state index contributed by atoms with van der Waals surface area (Å²) in [5.74, 6) is 0.231. The monoisotopic (exact) mass is 374 g/mol. The van der Waals surface area contributed by atoms with Crippen LogP contribution >= 0.6 is 23.1 Å². The largest absolute Gasteiger partial charge is 0.342 e. The molecule has 0 unspecified atom stereocenters. The summed E-state index contributed by atoms with van der Waals surface area (Å²) in [6, 6.07) is 9.58. The Morgan fingerprint density at radius 3 is 2.72 bits per heavy atom. The van der Waals surface area contributed by atoms with Crippen LogP contribution in [-0.4, -0.2) is 45.8 Å². The van der Waals surface area contributed by atoms with Crippen LogP contribution < -0.4 is 5.32 Å². The second-order valence-electron chi connectivity index (χ2n) is 5.48. The van der Waals surface area contributed by atoms with Gasteiger partial charge in [0.05, 0.1) is 5.75 Å². The highest BCUT2D eigenvalue weighted by atomic mass is 32.2. The van der Waals surface area contributed by atoms with Gasteiger partial charge in [-0.2, -0.15) is 0 Å². The van der Waals surface area contributed by atoms with Crippen LogP contribution in [0.4, 0.5) is 5.13 Å². The third kappa shape index (κ3) is 5.40. The van der Waals surface area contributed by atoms with E-state index in [0.29, 0.717) is 15.2 Å². The lowest BCUT2D eigenvalue weighted by Crippen LogP contribution is -2.29. The lowest BCUT2D eigenvalue weighted by atomic mass is 10.2. The van der Waals surface area contributed by atoms with Crippen molar-refractivity contribution >= 4 is 46.1 Å². The van der Waals surface area contributed by atoms with E-state index in [9.17, 15) is 9.59 Å². The first-order valence-corrected chi connectivity index (χ1v) is 9.79. The van der Waals surface area contributed by atoms with Gasteiger partial charge in [-0.05, 0) is 24.5 Å². The summed E-state index contributed by atoms with van der Waals surface area (Å²) in [5, 5.41) is 11.1. The minimum atomic E-state index is -0.260. The standard InChI is InChI=1S/C17H18N4O2S2/c22-14(9-8-13-6-2-1-3-7-13)18-16-19-20-17(25-16)24-12-15(23)21-10-4-5-11-21/h1-3,6-9H,4-5,10-12H2,(H,18,19,22). The van der Waals surface area contributed by atoms with E-state index in [-0.39, 0.29) is 11.8 Å². The van der Waals surface area contributed by atoms with Gasteiger partial charge in [0.2, 0.25) is 16.9 Å². The molecular formula is C17H18N4O2S2. The predicted molar refractivity (Wildman–Crippen MR) is 101 cm³/mol. The van der Waals surface area contributed by atoms with Gasteiger partial charge in [-0.15, -0.1) is 10.2 Å². The van der Waals surface area contributed by atoms with Gasteiger partial charge in [0.1, 0.15) is 0 Å². The molecule has 0 saturated carbocycles. The molecule has 0 spiro atoms. The summed E-state index contributed by atoms with van der Waals surface area (Å²) in [7, 11) is 0. The number of anilines is 1. The summed E-state index contributed by atoms with van der Waals surface area (Å²) < 4.78 is 0.676. The lowest BCUT2D eigenvalue weighted by molar-refractivity contribution is -0.127. The van der Waals surface area contributed by atoms with E-state index in [1.165, 1.54) is 29.2 Å². The highest BCUT2D eigenvalue weighted by molar-refractivity contribution is 8.01. The van der Waals surface area contributed by atoms with E-state index >= 15 is 0 Å². The van der Waals surface area contributed by atoms with Gasteiger partial charge in [-0.3, -0.25) is 14.9 Å². The summed E-state index contributed by atoms with van der Waals surface area (Å²) in [4.78, 5) is 25.8. The van der Waals surface area contributed by atoms with Crippen LogP contribution in [0.15, 0.2) is 40.7 Å². The molecular weight excluding hydrogens is 356 g/mol. The van der Waals surface area contributed by atoms with Gasteiger partial charge in [-0.25, -0.2) is 0 Å². The summed E-state index contributed by atoms with van der Waals surface area (Å²) in [6.07, 6.45) is 5.37. The molecule has 0 bridgehead atoms. The minimum Gasteiger partial charge on any atom is -0.342 e. The van der Waals surface area contributed by atoms with E-state index in [1.807, 2.05) is 35.2 Å². The molecule has 1 aromatic heterocycles. The molecule has 2 heterocycles. The highest BCUT2D eigenvalue weighted by Gasteiger charge is 2.18. The fraction of sp³-hybridized carbons (Fsp3) is 0.294. The molecule has 2 amide bonds. The van der Waals surface area contributed by atoms with E-state index < -0.39 is 0 Å². The number of carbonyl (C=O) groups excluding carboxylic acids is 2. The Hall–Kier alpha value is -2.19. The maximum absolute atomic E-state index is 12.0. The molecule has 6 nitrogen and oxygen atoms in total. The van der Waals surface area contributed by atoms with Crippen molar-refractivity contribution in [2.75, 3.05) is 24.2 Å². The fourth-order valence-corrected chi connectivity index (χ4v) is 4.04. The normalized spacial score (nSPS) is 14.2. The molecule has 2 aromatic rings. The van der Waals surface area contributed by atoms with Crippen LogP contribution in [0.3, 0.4) is 0 Å². The zero-order chi connectivity index (χ0) is 17.5. The Bertz CT molecular complexity index is 755. The Balaban J connectivity index is 1.47. The number of thioether (sulfide) groups is 1. The Morgan fingerprint density at radius 1 is 1.20 bits per heavy atom. The molecule has 1 fully saturated rings. The van der Waals surface area contributed by atoms with Gasteiger partial charge >= 0.3 is 0 Å². The van der Waals surface area contributed by atoms with Crippen LogP contribution in [0.5, 0.6) is 0 Å². The number of carbonyl (C=O) groups is 2. The third-order valence-corrected chi connectivity index (χ3v) is 5.60. The maximum atomic E-state index is 12.0. The van der Waals surface area contributed by atoms with Crippen LogP contribution in [-0.2, 0) is 9.59 Å². The van der Waals surface area contributed by atoms with Crippen LogP contribution in [0.2, 0.25) is 0 Å². The summed E-state index contributed by atoms with van der Waals surface area (Å²) in [5.41, 5.74) is 0.951. The molecule has 8 heteroatoms. The smallest absolute Gasteiger partial charge is 0.250 e. The first-order chi connectivity index (χ1) is 12.2. The molecule has 1 aliphatic heterocycles. The van der Waals surface area contributed by atoms with Gasteiger partial charge in [-0.1, -0.05) is 53.4 Å². The van der Waals surface area contributed by atoms with Crippen molar-refractivity contribution in [3.8, 4) is 0 Å². The molecule has 1 N–H and O–H groups in total. The third-order valence-electron chi connectivity index (χ3n) is 3.64. The Labute approximate surface area is 154 Å². The average Bonchev–Trinajstić information content (AvgIpc) is 3.31. The number of rotatable bonds is 6. The molecule has 0 aliphatic carbocycles. The number of likely N-dealkylation sites (tertiary alicyclic amines) is 1. The molecule has 0 radical (unpaired) electrons. The number of aromatic nitrogens is 2. The zero-order valence-electron chi connectivity index (χ0n) is 13.6.